The van der Waals surface area contributed by atoms with Crippen molar-refractivity contribution in [3.05, 3.63) is 35.4 Å². The molecule has 2 N–H and O–H groups in total. The molecule has 1 fully saturated rings. The summed E-state index contributed by atoms with van der Waals surface area (Å²) in [5, 5.41) is 12.9. The first-order valence-electron chi connectivity index (χ1n) is 6.23. The van der Waals surface area contributed by atoms with Gasteiger partial charge in [-0.05, 0) is 56.3 Å². The number of nitrogens with one attached hydrogen (secondary N) is 1. The van der Waals surface area contributed by atoms with Crippen molar-refractivity contribution in [2.75, 3.05) is 13.1 Å². The van der Waals surface area contributed by atoms with Crippen LogP contribution < -0.4 is 5.32 Å². The number of piperidine rings is 1. The Morgan fingerprint density at radius 3 is 2.69 bits per heavy atom. The molecule has 0 spiro atoms. The van der Waals surface area contributed by atoms with E-state index in [1.165, 1.54) is 24.9 Å². The number of hydrogen-bond acceptors (Lipinski definition) is 2. The van der Waals surface area contributed by atoms with Gasteiger partial charge in [-0.25, -0.2) is 0 Å². The lowest BCUT2D eigenvalue weighted by molar-refractivity contribution is 0.199. The summed E-state index contributed by atoms with van der Waals surface area (Å²) in [5.41, 5.74) is 2.39. The van der Waals surface area contributed by atoms with Crippen molar-refractivity contribution < 1.29 is 5.11 Å². The summed E-state index contributed by atoms with van der Waals surface area (Å²) >= 11 is 0. The predicted molar refractivity (Wildman–Crippen MR) is 66.4 cm³/mol. The fourth-order valence-electron chi connectivity index (χ4n) is 2.36. The molecule has 0 radical (unpaired) electrons. The lowest BCUT2D eigenvalue weighted by Gasteiger charge is -2.22. The summed E-state index contributed by atoms with van der Waals surface area (Å²) in [6.45, 7) is 4.13. The third-order valence-corrected chi connectivity index (χ3v) is 3.39. The van der Waals surface area contributed by atoms with Gasteiger partial charge in [0.25, 0.3) is 0 Å². The molecule has 0 bridgehead atoms. The lowest BCUT2D eigenvalue weighted by Crippen LogP contribution is -2.30. The van der Waals surface area contributed by atoms with Crippen LogP contribution in [0, 0.1) is 5.92 Å². The molecule has 2 unspecified atom stereocenters. The first-order chi connectivity index (χ1) is 7.75. The number of benzene rings is 1. The average Bonchev–Trinajstić information content (AvgIpc) is 2.31. The molecular weight excluding hydrogens is 198 g/mol. The maximum Gasteiger partial charge on any atom is 0.0761 e. The van der Waals surface area contributed by atoms with E-state index in [0.717, 1.165) is 24.4 Å². The zero-order valence-corrected chi connectivity index (χ0v) is 9.95. The van der Waals surface area contributed by atoms with Crippen LogP contribution in [0.4, 0.5) is 0 Å². The van der Waals surface area contributed by atoms with Crippen molar-refractivity contribution in [1.82, 2.24) is 5.32 Å². The summed E-state index contributed by atoms with van der Waals surface area (Å²) in [4.78, 5) is 0. The third-order valence-electron chi connectivity index (χ3n) is 3.39. The van der Waals surface area contributed by atoms with E-state index in [0.29, 0.717) is 0 Å². The van der Waals surface area contributed by atoms with Crippen LogP contribution in [0.3, 0.4) is 0 Å². The van der Waals surface area contributed by atoms with Gasteiger partial charge in [0.05, 0.1) is 6.10 Å². The molecule has 88 valence electrons. The number of rotatable bonds is 3. The maximum absolute atomic E-state index is 9.43. The minimum absolute atomic E-state index is 0.356. The molecule has 1 aliphatic heterocycles. The van der Waals surface area contributed by atoms with Crippen LogP contribution in [-0.2, 0) is 6.42 Å². The normalized spacial score (nSPS) is 23.0. The average molecular weight is 219 g/mol. The van der Waals surface area contributed by atoms with Gasteiger partial charge in [0.15, 0.2) is 0 Å². The Hall–Kier alpha value is -0.860. The Morgan fingerprint density at radius 1 is 1.38 bits per heavy atom. The molecule has 0 aromatic heterocycles. The largest absolute Gasteiger partial charge is 0.389 e. The van der Waals surface area contributed by atoms with Crippen molar-refractivity contribution in [3.8, 4) is 0 Å². The van der Waals surface area contributed by atoms with E-state index in [9.17, 15) is 5.11 Å². The minimum Gasteiger partial charge on any atom is -0.389 e. The molecule has 16 heavy (non-hydrogen) atoms. The van der Waals surface area contributed by atoms with Gasteiger partial charge in [0.1, 0.15) is 0 Å². The highest BCUT2D eigenvalue weighted by molar-refractivity contribution is 5.24. The van der Waals surface area contributed by atoms with Crippen molar-refractivity contribution in [2.24, 2.45) is 5.92 Å². The van der Waals surface area contributed by atoms with Gasteiger partial charge in [0, 0.05) is 0 Å². The third kappa shape index (κ3) is 3.06. The second-order valence-corrected chi connectivity index (χ2v) is 4.83. The zero-order valence-electron chi connectivity index (χ0n) is 9.95. The number of aliphatic hydroxyl groups excluding tert-OH is 1. The monoisotopic (exact) mass is 219 g/mol. The van der Waals surface area contributed by atoms with E-state index >= 15 is 0 Å². The first-order valence-corrected chi connectivity index (χ1v) is 6.23. The number of hydrogen-bond donors (Lipinski definition) is 2. The second kappa shape index (κ2) is 5.46. The van der Waals surface area contributed by atoms with Crippen LogP contribution in [0.15, 0.2) is 24.3 Å². The standard InChI is InChI=1S/C14H21NO/c1-11(16)14-6-4-12(5-7-14)9-13-3-2-8-15-10-13/h4-7,11,13,15-16H,2-3,8-10H2,1H3. The fourth-order valence-corrected chi connectivity index (χ4v) is 2.36. The van der Waals surface area contributed by atoms with Gasteiger partial charge in [-0.1, -0.05) is 24.3 Å². The van der Waals surface area contributed by atoms with Crippen molar-refractivity contribution in [3.63, 3.8) is 0 Å². The maximum atomic E-state index is 9.43. The second-order valence-electron chi connectivity index (χ2n) is 4.83. The Kier molecular flexibility index (Phi) is 3.97. The molecule has 1 aliphatic rings. The van der Waals surface area contributed by atoms with E-state index in [1.807, 2.05) is 12.1 Å². The van der Waals surface area contributed by atoms with Crippen LogP contribution >= 0.6 is 0 Å². The fraction of sp³-hybridized carbons (Fsp3) is 0.571. The molecule has 2 nitrogen and oxygen atoms in total. The van der Waals surface area contributed by atoms with E-state index in [4.69, 9.17) is 0 Å². The SMILES string of the molecule is CC(O)c1ccc(CC2CCCNC2)cc1. The minimum atomic E-state index is -0.356. The summed E-state index contributed by atoms with van der Waals surface area (Å²) in [6, 6.07) is 8.37. The predicted octanol–water partition coefficient (Wildman–Crippen LogP) is 2.28. The summed E-state index contributed by atoms with van der Waals surface area (Å²) in [5.74, 6) is 0.783. The molecule has 0 saturated carbocycles. The van der Waals surface area contributed by atoms with Gasteiger partial charge >= 0.3 is 0 Å². The van der Waals surface area contributed by atoms with E-state index in [1.54, 1.807) is 6.92 Å². The van der Waals surface area contributed by atoms with Crippen LogP contribution in [0.25, 0.3) is 0 Å². The zero-order chi connectivity index (χ0) is 11.4. The lowest BCUT2D eigenvalue weighted by atomic mass is 9.92. The first kappa shape index (κ1) is 11.6. The highest BCUT2D eigenvalue weighted by Gasteiger charge is 2.13. The highest BCUT2D eigenvalue weighted by atomic mass is 16.3. The molecule has 1 aromatic carbocycles. The van der Waals surface area contributed by atoms with Gasteiger partial charge in [0.2, 0.25) is 0 Å². The van der Waals surface area contributed by atoms with Gasteiger partial charge in [-0.15, -0.1) is 0 Å². The van der Waals surface area contributed by atoms with Crippen LogP contribution in [0.5, 0.6) is 0 Å². The Morgan fingerprint density at radius 2 is 2.12 bits per heavy atom. The quantitative estimate of drug-likeness (QED) is 0.817. The summed E-state index contributed by atoms with van der Waals surface area (Å²) in [7, 11) is 0. The van der Waals surface area contributed by atoms with E-state index < -0.39 is 0 Å². The molecule has 1 saturated heterocycles. The summed E-state index contributed by atoms with van der Waals surface area (Å²) < 4.78 is 0. The smallest absolute Gasteiger partial charge is 0.0761 e. The molecule has 2 rings (SSSR count). The molecule has 1 heterocycles. The summed E-state index contributed by atoms with van der Waals surface area (Å²) in [6.07, 6.45) is 3.44. The Labute approximate surface area is 97.7 Å². The molecule has 2 heteroatoms. The molecule has 1 aromatic rings. The molecule has 0 amide bonds. The van der Waals surface area contributed by atoms with Crippen molar-refractivity contribution >= 4 is 0 Å². The topological polar surface area (TPSA) is 32.3 Å². The Balaban J connectivity index is 1.93. The van der Waals surface area contributed by atoms with Crippen molar-refractivity contribution in [2.45, 2.75) is 32.3 Å². The molecule has 2 atom stereocenters. The van der Waals surface area contributed by atoms with Gasteiger partial charge < -0.3 is 10.4 Å². The van der Waals surface area contributed by atoms with E-state index in [-0.39, 0.29) is 6.10 Å². The van der Waals surface area contributed by atoms with Crippen LogP contribution in [0.2, 0.25) is 0 Å². The van der Waals surface area contributed by atoms with Crippen LogP contribution in [-0.4, -0.2) is 18.2 Å². The van der Waals surface area contributed by atoms with Crippen LogP contribution in [0.1, 0.15) is 37.0 Å². The molecular formula is C14H21NO. The number of aliphatic hydroxyl groups is 1. The van der Waals surface area contributed by atoms with Gasteiger partial charge in [-0.3, -0.25) is 0 Å². The molecule has 0 aliphatic carbocycles. The Bertz CT molecular complexity index is 312. The van der Waals surface area contributed by atoms with E-state index in [2.05, 4.69) is 17.4 Å². The van der Waals surface area contributed by atoms with Gasteiger partial charge in [-0.2, -0.15) is 0 Å². The highest BCUT2D eigenvalue weighted by Crippen LogP contribution is 2.18. The van der Waals surface area contributed by atoms with Crippen molar-refractivity contribution in [1.29, 1.82) is 0 Å².